The smallest absolute Gasteiger partial charge is 0.303 e. The van der Waals surface area contributed by atoms with Crippen molar-refractivity contribution in [2.24, 2.45) is 22.7 Å². The standard InChI is InChI=1S/C26H31FO6/c1-14-10-20-19-7-6-17-11-18(30)8-9-25(17,5)26(19,27)22(33-16(3)29)12-24(20,4)23(14)21(31)13-32-15(2)28/h8-9,11,19-20,22H,6-7,10,12-13H2,1-5H3/t19-,20-,22-,24-,25-,26?/m0/s1. The van der Waals surface area contributed by atoms with Gasteiger partial charge < -0.3 is 9.47 Å². The number of hydrogen-bond acceptors (Lipinski definition) is 6. The number of rotatable bonds is 4. The van der Waals surface area contributed by atoms with Crippen LogP contribution in [0.1, 0.15) is 60.3 Å². The van der Waals surface area contributed by atoms with Gasteiger partial charge in [-0.2, -0.15) is 0 Å². The maximum atomic E-state index is 17.6. The fourth-order valence-electron chi connectivity index (χ4n) is 7.23. The predicted molar refractivity (Wildman–Crippen MR) is 118 cm³/mol. The zero-order valence-electron chi connectivity index (χ0n) is 19.8. The van der Waals surface area contributed by atoms with Gasteiger partial charge in [0.15, 0.2) is 23.8 Å². The molecule has 2 saturated carbocycles. The first kappa shape index (κ1) is 23.6. The third-order valence-corrected chi connectivity index (χ3v) is 8.52. The molecule has 6 nitrogen and oxygen atoms in total. The van der Waals surface area contributed by atoms with Crippen LogP contribution in [0.5, 0.6) is 0 Å². The summed E-state index contributed by atoms with van der Waals surface area (Å²) in [6.07, 6.45) is 5.23. The summed E-state index contributed by atoms with van der Waals surface area (Å²) in [5.74, 6) is -2.22. The molecule has 0 saturated heterocycles. The van der Waals surface area contributed by atoms with Crippen molar-refractivity contribution >= 4 is 23.5 Å². The minimum Gasteiger partial charge on any atom is -0.459 e. The first-order chi connectivity index (χ1) is 15.3. The van der Waals surface area contributed by atoms with Crippen LogP contribution in [-0.4, -0.2) is 41.9 Å². The third-order valence-electron chi connectivity index (χ3n) is 8.52. The van der Waals surface area contributed by atoms with E-state index in [9.17, 15) is 19.2 Å². The second-order valence-electron chi connectivity index (χ2n) is 10.4. The van der Waals surface area contributed by atoms with E-state index in [1.54, 1.807) is 13.0 Å². The van der Waals surface area contributed by atoms with Crippen molar-refractivity contribution in [1.29, 1.82) is 0 Å². The van der Waals surface area contributed by atoms with Gasteiger partial charge in [0.05, 0.1) is 0 Å². The van der Waals surface area contributed by atoms with Crippen LogP contribution in [0, 0.1) is 22.7 Å². The molecule has 0 aromatic carbocycles. The first-order valence-corrected chi connectivity index (χ1v) is 11.5. The SMILES string of the molecule is CC(=O)OCC(=O)C1=C(C)C[C@H]2[C@@H]3CCC4=CC(=O)C=C[C@]4(C)C3(F)[C@@H](OC(C)=O)C[C@]12C. The molecular formula is C26H31FO6. The van der Waals surface area contributed by atoms with E-state index in [1.165, 1.54) is 26.0 Å². The highest BCUT2D eigenvalue weighted by Gasteiger charge is 2.71. The summed E-state index contributed by atoms with van der Waals surface area (Å²) in [6, 6.07) is 0. The lowest BCUT2D eigenvalue weighted by molar-refractivity contribution is -0.206. The number of carbonyl (C=O) groups is 4. The van der Waals surface area contributed by atoms with E-state index in [1.807, 2.05) is 13.8 Å². The molecular weight excluding hydrogens is 427 g/mol. The Bertz CT molecular complexity index is 1040. The molecule has 2 fully saturated rings. The molecule has 33 heavy (non-hydrogen) atoms. The molecule has 0 aliphatic heterocycles. The highest BCUT2D eigenvalue weighted by Crippen LogP contribution is 2.69. The third kappa shape index (κ3) is 3.34. The van der Waals surface area contributed by atoms with Crippen LogP contribution >= 0.6 is 0 Å². The average Bonchev–Trinajstić information content (AvgIpc) is 2.97. The van der Waals surface area contributed by atoms with Crippen LogP contribution in [0.15, 0.2) is 34.9 Å². The Labute approximate surface area is 193 Å². The molecule has 0 N–H and O–H groups in total. The number of allylic oxidation sites excluding steroid dienone is 5. The van der Waals surface area contributed by atoms with Crippen LogP contribution in [0.4, 0.5) is 4.39 Å². The molecule has 0 amide bonds. The van der Waals surface area contributed by atoms with Crippen LogP contribution in [0.3, 0.4) is 0 Å². The zero-order valence-corrected chi connectivity index (χ0v) is 19.8. The van der Waals surface area contributed by atoms with Gasteiger partial charge in [0.1, 0.15) is 6.10 Å². The van der Waals surface area contributed by atoms with Crippen LogP contribution in [-0.2, 0) is 28.7 Å². The highest BCUT2D eigenvalue weighted by molar-refractivity contribution is 6.01. The van der Waals surface area contributed by atoms with Gasteiger partial charge in [-0.1, -0.05) is 24.1 Å². The van der Waals surface area contributed by atoms with E-state index >= 15 is 4.39 Å². The minimum atomic E-state index is -1.92. The number of ketones is 2. The number of alkyl halides is 1. The summed E-state index contributed by atoms with van der Waals surface area (Å²) < 4.78 is 28.2. The average molecular weight is 459 g/mol. The van der Waals surface area contributed by atoms with E-state index in [4.69, 9.17) is 9.47 Å². The zero-order chi connectivity index (χ0) is 24.3. The second kappa shape index (κ2) is 7.74. The Balaban J connectivity index is 1.80. The summed E-state index contributed by atoms with van der Waals surface area (Å²) >= 11 is 0. The quantitative estimate of drug-likeness (QED) is 0.592. The van der Waals surface area contributed by atoms with Crippen molar-refractivity contribution in [1.82, 2.24) is 0 Å². The number of esters is 2. The number of fused-ring (bicyclic) bond motifs is 5. The summed E-state index contributed by atoms with van der Waals surface area (Å²) in [6.45, 7) is 7.76. The van der Waals surface area contributed by atoms with E-state index in [-0.39, 0.29) is 30.5 Å². The summed E-state index contributed by atoms with van der Waals surface area (Å²) in [5.41, 5.74) is -1.56. The summed E-state index contributed by atoms with van der Waals surface area (Å²) in [7, 11) is 0. The van der Waals surface area contributed by atoms with Crippen LogP contribution < -0.4 is 0 Å². The Morgan fingerprint density at radius 2 is 1.85 bits per heavy atom. The number of carbonyl (C=O) groups excluding carboxylic acids is 4. The first-order valence-electron chi connectivity index (χ1n) is 11.5. The Hall–Kier alpha value is -2.57. The van der Waals surface area contributed by atoms with Gasteiger partial charge in [-0.3, -0.25) is 19.2 Å². The van der Waals surface area contributed by atoms with Crippen LogP contribution in [0.2, 0.25) is 0 Å². The number of halogens is 1. The lowest BCUT2D eigenvalue weighted by Gasteiger charge is -2.62. The minimum absolute atomic E-state index is 0.146. The van der Waals surface area contributed by atoms with Gasteiger partial charge >= 0.3 is 11.9 Å². The molecule has 7 heteroatoms. The molecule has 4 rings (SSSR count). The van der Waals surface area contributed by atoms with Crippen molar-refractivity contribution in [3.05, 3.63) is 34.9 Å². The number of hydrogen-bond donors (Lipinski definition) is 0. The van der Waals surface area contributed by atoms with Gasteiger partial charge in [-0.05, 0) is 57.6 Å². The van der Waals surface area contributed by atoms with Gasteiger partial charge in [-0.15, -0.1) is 0 Å². The monoisotopic (exact) mass is 458 g/mol. The molecule has 6 atom stereocenters. The van der Waals surface area contributed by atoms with Gasteiger partial charge in [0.2, 0.25) is 0 Å². The number of Topliss-reactive ketones (excluding diaryl/α,β-unsaturated/α-hetero) is 1. The molecule has 0 heterocycles. The van der Waals surface area contributed by atoms with E-state index in [2.05, 4.69) is 0 Å². The van der Waals surface area contributed by atoms with Crippen molar-refractivity contribution in [3.63, 3.8) is 0 Å². The van der Waals surface area contributed by atoms with Crippen molar-refractivity contribution < 1.29 is 33.0 Å². The molecule has 0 aromatic heterocycles. The summed E-state index contributed by atoms with van der Waals surface area (Å²) in [5, 5.41) is 0. The summed E-state index contributed by atoms with van der Waals surface area (Å²) in [4.78, 5) is 48.5. The topological polar surface area (TPSA) is 86.7 Å². The molecule has 4 aliphatic rings. The fourth-order valence-corrected chi connectivity index (χ4v) is 7.23. The lowest BCUT2D eigenvalue weighted by Crippen LogP contribution is -2.67. The van der Waals surface area contributed by atoms with Crippen molar-refractivity contribution in [3.8, 4) is 0 Å². The van der Waals surface area contributed by atoms with Crippen molar-refractivity contribution in [2.75, 3.05) is 6.61 Å². The second-order valence-corrected chi connectivity index (χ2v) is 10.4. The van der Waals surface area contributed by atoms with Crippen molar-refractivity contribution in [2.45, 2.75) is 72.1 Å². The molecule has 0 spiro atoms. The molecule has 4 aliphatic carbocycles. The van der Waals surface area contributed by atoms with Crippen LogP contribution in [0.25, 0.3) is 0 Å². The predicted octanol–water partition coefficient (Wildman–Crippen LogP) is 3.99. The van der Waals surface area contributed by atoms with E-state index in [0.717, 1.165) is 11.1 Å². The molecule has 0 aromatic rings. The number of ether oxygens (including phenoxy) is 2. The van der Waals surface area contributed by atoms with Gasteiger partial charge in [-0.25, -0.2) is 4.39 Å². The largest absolute Gasteiger partial charge is 0.459 e. The lowest BCUT2D eigenvalue weighted by atomic mass is 9.45. The fraction of sp³-hybridized carbons (Fsp3) is 0.615. The maximum Gasteiger partial charge on any atom is 0.303 e. The molecule has 0 bridgehead atoms. The normalized spacial score (nSPS) is 39.3. The van der Waals surface area contributed by atoms with Gasteiger partial charge in [0, 0.05) is 36.2 Å². The molecule has 0 radical (unpaired) electrons. The van der Waals surface area contributed by atoms with E-state index in [0.29, 0.717) is 24.8 Å². The Morgan fingerprint density at radius 3 is 2.48 bits per heavy atom. The maximum absolute atomic E-state index is 17.6. The molecule has 178 valence electrons. The highest BCUT2D eigenvalue weighted by atomic mass is 19.1. The van der Waals surface area contributed by atoms with E-state index < -0.39 is 40.5 Å². The van der Waals surface area contributed by atoms with Gasteiger partial charge in [0.25, 0.3) is 0 Å². The molecule has 1 unspecified atom stereocenters. The Kier molecular flexibility index (Phi) is 5.53. The Morgan fingerprint density at radius 1 is 1.15 bits per heavy atom.